The SMILES string of the molecule is CCNC(=NCC1CCCN(CC)C1)N1CCC(CSc2ccccc2)C1.I. The number of guanidine groups is 1. The smallest absolute Gasteiger partial charge is 0.193 e. The molecule has 2 fully saturated rings. The summed E-state index contributed by atoms with van der Waals surface area (Å²) in [6.45, 7) is 12.3. The van der Waals surface area contributed by atoms with Gasteiger partial charge in [-0.15, -0.1) is 35.7 Å². The second kappa shape index (κ2) is 13.0. The second-order valence-corrected chi connectivity index (χ2v) is 8.91. The summed E-state index contributed by atoms with van der Waals surface area (Å²) in [6, 6.07) is 10.8. The number of benzene rings is 1. The van der Waals surface area contributed by atoms with Crippen LogP contribution in [-0.4, -0.2) is 67.3 Å². The Kier molecular flexibility index (Phi) is 11.0. The highest BCUT2D eigenvalue weighted by molar-refractivity contribution is 14.0. The van der Waals surface area contributed by atoms with Crippen LogP contribution in [0.1, 0.15) is 33.1 Å². The van der Waals surface area contributed by atoms with Crippen LogP contribution in [0.15, 0.2) is 40.2 Å². The largest absolute Gasteiger partial charge is 0.357 e. The molecule has 1 N–H and O–H groups in total. The van der Waals surface area contributed by atoms with Gasteiger partial charge in [-0.1, -0.05) is 25.1 Å². The van der Waals surface area contributed by atoms with Gasteiger partial charge in [0.25, 0.3) is 0 Å². The number of nitrogens with zero attached hydrogens (tertiary/aromatic N) is 3. The molecule has 2 saturated heterocycles. The molecule has 6 heteroatoms. The van der Waals surface area contributed by atoms with E-state index in [1.54, 1.807) is 0 Å². The highest BCUT2D eigenvalue weighted by atomic mass is 127. The Bertz CT molecular complexity index is 583. The van der Waals surface area contributed by atoms with E-state index >= 15 is 0 Å². The lowest BCUT2D eigenvalue weighted by atomic mass is 9.98. The van der Waals surface area contributed by atoms with E-state index in [4.69, 9.17) is 4.99 Å². The summed E-state index contributed by atoms with van der Waals surface area (Å²) in [5, 5.41) is 3.54. The lowest BCUT2D eigenvalue weighted by Crippen LogP contribution is -2.41. The normalized spacial score (nSPS) is 23.5. The number of thioether (sulfide) groups is 1. The number of rotatable bonds is 7. The Hall–Kier alpha value is -0.470. The van der Waals surface area contributed by atoms with Gasteiger partial charge in [-0.25, -0.2) is 0 Å². The molecule has 0 saturated carbocycles. The molecule has 2 heterocycles. The summed E-state index contributed by atoms with van der Waals surface area (Å²) in [5.41, 5.74) is 0. The fraction of sp³-hybridized carbons (Fsp3) is 0.682. The first-order valence-electron chi connectivity index (χ1n) is 10.7. The average Bonchev–Trinajstić information content (AvgIpc) is 3.19. The van der Waals surface area contributed by atoms with E-state index in [1.165, 1.54) is 49.5 Å². The molecule has 4 nitrogen and oxygen atoms in total. The minimum atomic E-state index is 0. The number of hydrogen-bond acceptors (Lipinski definition) is 3. The number of piperidine rings is 1. The summed E-state index contributed by atoms with van der Waals surface area (Å²) >= 11 is 1.99. The molecule has 1 aromatic carbocycles. The van der Waals surface area contributed by atoms with Crippen LogP contribution in [0.2, 0.25) is 0 Å². The molecule has 28 heavy (non-hydrogen) atoms. The monoisotopic (exact) mass is 516 g/mol. The van der Waals surface area contributed by atoms with Crippen LogP contribution in [0.25, 0.3) is 0 Å². The van der Waals surface area contributed by atoms with Gasteiger partial charge < -0.3 is 15.1 Å². The van der Waals surface area contributed by atoms with Crippen molar-refractivity contribution in [1.82, 2.24) is 15.1 Å². The van der Waals surface area contributed by atoms with E-state index in [0.29, 0.717) is 0 Å². The molecule has 0 aromatic heterocycles. The maximum absolute atomic E-state index is 5.04. The van der Waals surface area contributed by atoms with Gasteiger partial charge in [-0.2, -0.15) is 0 Å². The zero-order chi connectivity index (χ0) is 18.9. The molecule has 2 aliphatic rings. The standard InChI is InChI=1S/C22H36N4S.HI/c1-3-23-22(24-15-19-9-8-13-25(4-2)16-19)26-14-12-20(17-26)18-27-21-10-6-5-7-11-21;/h5-7,10-11,19-20H,3-4,8-9,12-18H2,1-2H3,(H,23,24);1H. The predicted molar refractivity (Wildman–Crippen MR) is 133 cm³/mol. The van der Waals surface area contributed by atoms with Crippen molar-refractivity contribution < 1.29 is 0 Å². The van der Waals surface area contributed by atoms with Crippen LogP contribution in [0.4, 0.5) is 0 Å². The molecule has 2 unspecified atom stereocenters. The van der Waals surface area contributed by atoms with Gasteiger partial charge in [-0.3, -0.25) is 4.99 Å². The van der Waals surface area contributed by atoms with Crippen molar-refractivity contribution in [1.29, 1.82) is 0 Å². The van der Waals surface area contributed by atoms with Crippen molar-refractivity contribution >= 4 is 41.7 Å². The van der Waals surface area contributed by atoms with Gasteiger partial charge >= 0.3 is 0 Å². The summed E-state index contributed by atoms with van der Waals surface area (Å²) in [5.74, 6) is 3.82. The molecule has 0 amide bonds. The van der Waals surface area contributed by atoms with Gasteiger partial charge in [0.1, 0.15) is 0 Å². The first-order valence-corrected chi connectivity index (χ1v) is 11.7. The molecule has 1 aromatic rings. The summed E-state index contributed by atoms with van der Waals surface area (Å²) < 4.78 is 0. The molecule has 0 spiro atoms. The average molecular weight is 517 g/mol. The van der Waals surface area contributed by atoms with Crippen molar-refractivity contribution in [3.63, 3.8) is 0 Å². The van der Waals surface area contributed by atoms with Crippen LogP contribution in [0.3, 0.4) is 0 Å². The highest BCUT2D eigenvalue weighted by Gasteiger charge is 2.25. The van der Waals surface area contributed by atoms with E-state index in [9.17, 15) is 0 Å². The molecule has 0 bridgehead atoms. The first-order chi connectivity index (χ1) is 13.3. The molecule has 0 aliphatic carbocycles. The molecule has 2 aliphatic heterocycles. The number of nitrogens with one attached hydrogen (secondary N) is 1. The van der Waals surface area contributed by atoms with Gasteiger partial charge in [0.05, 0.1) is 0 Å². The Morgan fingerprint density at radius 3 is 2.68 bits per heavy atom. The summed E-state index contributed by atoms with van der Waals surface area (Å²) in [4.78, 5) is 11.5. The van der Waals surface area contributed by atoms with Gasteiger partial charge in [0.15, 0.2) is 5.96 Å². The third-order valence-electron chi connectivity index (χ3n) is 5.70. The van der Waals surface area contributed by atoms with E-state index in [-0.39, 0.29) is 24.0 Å². The van der Waals surface area contributed by atoms with Crippen molar-refractivity contribution in [3.05, 3.63) is 30.3 Å². The minimum Gasteiger partial charge on any atom is -0.357 e. The van der Waals surface area contributed by atoms with Crippen molar-refractivity contribution in [3.8, 4) is 0 Å². The van der Waals surface area contributed by atoms with Gasteiger partial charge in [0.2, 0.25) is 0 Å². The first kappa shape index (κ1) is 23.8. The minimum absolute atomic E-state index is 0. The van der Waals surface area contributed by atoms with Crippen LogP contribution >= 0.6 is 35.7 Å². The van der Waals surface area contributed by atoms with Crippen molar-refractivity contribution in [2.24, 2.45) is 16.8 Å². The number of hydrogen-bond donors (Lipinski definition) is 1. The Balaban J connectivity index is 0.00000280. The number of likely N-dealkylation sites (tertiary alicyclic amines) is 2. The Labute approximate surface area is 192 Å². The Morgan fingerprint density at radius 1 is 1.11 bits per heavy atom. The van der Waals surface area contributed by atoms with Crippen molar-refractivity contribution in [2.75, 3.05) is 51.6 Å². The molecular weight excluding hydrogens is 479 g/mol. The highest BCUT2D eigenvalue weighted by Crippen LogP contribution is 2.26. The molecule has 3 rings (SSSR count). The third-order valence-corrected chi connectivity index (χ3v) is 6.94. The van der Waals surface area contributed by atoms with E-state index in [0.717, 1.165) is 44.0 Å². The van der Waals surface area contributed by atoms with E-state index < -0.39 is 0 Å². The second-order valence-electron chi connectivity index (χ2n) is 7.82. The maximum atomic E-state index is 5.04. The molecule has 158 valence electrons. The number of halogens is 1. The van der Waals surface area contributed by atoms with Crippen LogP contribution < -0.4 is 5.32 Å². The quantitative estimate of drug-likeness (QED) is 0.252. The predicted octanol–water partition coefficient (Wildman–Crippen LogP) is 4.42. The van der Waals surface area contributed by atoms with Crippen LogP contribution in [-0.2, 0) is 0 Å². The number of aliphatic imine (C=N–C) groups is 1. The van der Waals surface area contributed by atoms with E-state index in [1.807, 2.05) is 11.8 Å². The van der Waals surface area contributed by atoms with E-state index in [2.05, 4.69) is 59.3 Å². The lowest BCUT2D eigenvalue weighted by molar-refractivity contribution is 0.186. The van der Waals surface area contributed by atoms with Crippen LogP contribution in [0.5, 0.6) is 0 Å². The summed E-state index contributed by atoms with van der Waals surface area (Å²) in [7, 11) is 0. The van der Waals surface area contributed by atoms with Gasteiger partial charge in [0, 0.05) is 43.4 Å². The lowest BCUT2D eigenvalue weighted by Gasteiger charge is -2.31. The zero-order valence-electron chi connectivity index (χ0n) is 17.5. The molecule has 0 radical (unpaired) electrons. The molecule has 2 atom stereocenters. The van der Waals surface area contributed by atoms with Gasteiger partial charge in [-0.05, 0) is 63.2 Å². The van der Waals surface area contributed by atoms with Crippen LogP contribution in [0, 0.1) is 11.8 Å². The third kappa shape index (κ3) is 7.41. The summed E-state index contributed by atoms with van der Waals surface area (Å²) in [6.07, 6.45) is 3.93. The Morgan fingerprint density at radius 2 is 1.93 bits per heavy atom. The maximum Gasteiger partial charge on any atom is 0.193 e. The fourth-order valence-electron chi connectivity index (χ4n) is 4.12. The molecular formula is C22H37IN4S. The van der Waals surface area contributed by atoms with Crippen molar-refractivity contribution in [2.45, 2.75) is 38.0 Å². The topological polar surface area (TPSA) is 30.9 Å². The fourth-order valence-corrected chi connectivity index (χ4v) is 5.17. The zero-order valence-corrected chi connectivity index (χ0v) is 20.6.